The van der Waals surface area contributed by atoms with Crippen molar-refractivity contribution >= 4 is 11.6 Å². The minimum atomic E-state index is -0.154. The van der Waals surface area contributed by atoms with E-state index < -0.39 is 0 Å². The van der Waals surface area contributed by atoms with Gasteiger partial charge < -0.3 is 14.5 Å². The first kappa shape index (κ1) is 13.0. The van der Waals surface area contributed by atoms with E-state index in [4.69, 9.17) is 21.1 Å². The number of aromatic nitrogens is 2. The van der Waals surface area contributed by atoms with Crippen molar-refractivity contribution in [2.75, 3.05) is 13.2 Å². The Morgan fingerprint density at radius 1 is 1.25 bits per heavy atom. The molecule has 0 spiro atoms. The van der Waals surface area contributed by atoms with Gasteiger partial charge in [0.1, 0.15) is 19.0 Å². The zero-order valence-corrected chi connectivity index (χ0v) is 11.9. The van der Waals surface area contributed by atoms with Crippen molar-refractivity contribution in [3.8, 4) is 22.9 Å². The number of fused-ring (bicyclic) bond motifs is 1. The number of rotatable bonds is 1. The quantitative estimate of drug-likeness (QED) is 0.877. The number of nitrogens with one attached hydrogen (secondary N) is 1. The summed E-state index contributed by atoms with van der Waals surface area (Å²) in [6.07, 6.45) is 0. The summed E-state index contributed by atoms with van der Waals surface area (Å²) in [4.78, 5) is 19.0. The first-order chi connectivity index (χ1) is 9.56. The minimum absolute atomic E-state index is 0.154. The van der Waals surface area contributed by atoms with Crippen LogP contribution in [0.3, 0.4) is 0 Å². The van der Waals surface area contributed by atoms with E-state index in [1.165, 1.54) is 0 Å². The van der Waals surface area contributed by atoms with Gasteiger partial charge in [-0.15, -0.1) is 0 Å². The topological polar surface area (TPSA) is 64.2 Å². The van der Waals surface area contributed by atoms with E-state index in [1.807, 2.05) is 0 Å². The second-order valence-electron chi connectivity index (χ2n) is 4.61. The zero-order valence-electron chi connectivity index (χ0n) is 11.1. The molecule has 2 aromatic rings. The van der Waals surface area contributed by atoms with Crippen LogP contribution < -0.4 is 15.0 Å². The highest BCUT2D eigenvalue weighted by Crippen LogP contribution is 2.40. The molecule has 1 aliphatic heterocycles. The lowest BCUT2D eigenvalue weighted by Crippen LogP contribution is -2.16. The molecule has 0 fully saturated rings. The third kappa shape index (κ3) is 2.14. The molecule has 1 N–H and O–H groups in total. The van der Waals surface area contributed by atoms with Crippen LogP contribution >= 0.6 is 11.6 Å². The number of nitrogens with zero attached hydrogens (tertiary/aromatic N) is 1. The van der Waals surface area contributed by atoms with Gasteiger partial charge in [0.05, 0.1) is 5.02 Å². The van der Waals surface area contributed by atoms with Crippen LogP contribution in [0.15, 0.2) is 16.9 Å². The second kappa shape index (κ2) is 4.83. The maximum Gasteiger partial charge on any atom is 0.254 e. The van der Waals surface area contributed by atoms with Gasteiger partial charge in [-0.25, -0.2) is 4.98 Å². The smallest absolute Gasteiger partial charge is 0.254 e. The number of H-pyrrole nitrogens is 1. The monoisotopic (exact) mass is 292 g/mol. The highest BCUT2D eigenvalue weighted by molar-refractivity contribution is 6.32. The fourth-order valence-electron chi connectivity index (χ4n) is 2.03. The summed E-state index contributed by atoms with van der Waals surface area (Å²) in [5.41, 5.74) is 1.84. The van der Waals surface area contributed by atoms with Gasteiger partial charge >= 0.3 is 0 Å². The predicted octanol–water partition coefficient (Wildman–Crippen LogP) is 2.48. The minimum Gasteiger partial charge on any atom is -0.486 e. The molecule has 0 saturated carbocycles. The molecule has 1 aromatic heterocycles. The van der Waals surface area contributed by atoms with Crippen LogP contribution in [0.5, 0.6) is 11.5 Å². The second-order valence-corrected chi connectivity index (χ2v) is 5.01. The number of ether oxygens (including phenoxy) is 2. The average Bonchev–Trinajstić information content (AvgIpc) is 2.44. The average molecular weight is 293 g/mol. The van der Waals surface area contributed by atoms with Crippen molar-refractivity contribution in [2.24, 2.45) is 0 Å². The normalized spacial score (nSPS) is 13.3. The summed E-state index contributed by atoms with van der Waals surface area (Å²) in [6, 6.07) is 3.48. The molecule has 20 heavy (non-hydrogen) atoms. The highest BCUT2D eigenvalue weighted by atomic mass is 35.5. The fraction of sp³-hybridized carbons (Fsp3) is 0.286. The van der Waals surface area contributed by atoms with Crippen molar-refractivity contribution in [3.63, 3.8) is 0 Å². The van der Waals surface area contributed by atoms with Gasteiger partial charge in [0.2, 0.25) is 0 Å². The predicted molar refractivity (Wildman–Crippen MR) is 75.8 cm³/mol. The maximum absolute atomic E-state index is 11.8. The molecule has 5 nitrogen and oxygen atoms in total. The number of halogens is 1. The van der Waals surface area contributed by atoms with Crippen LogP contribution in [0.25, 0.3) is 11.4 Å². The lowest BCUT2D eigenvalue weighted by molar-refractivity contribution is 0.172. The van der Waals surface area contributed by atoms with Gasteiger partial charge in [0.25, 0.3) is 5.56 Å². The summed E-state index contributed by atoms with van der Waals surface area (Å²) in [5.74, 6) is 1.57. The van der Waals surface area contributed by atoms with Crippen LogP contribution in [0.1, 0.15) is 11.3 Å². The molecule has 0 aliphatic carbocycles. The van der Waals surface area contributed by atoms with Crippen molar-refractivity contribution in [2.45, 2.75) is 13.8 Å². The molecule has 0 amide bonds. The first-order valence-corrected chi connectivity index (χ1v) is 6.61. The molecule has 0 atom stereocenters. The summed E-state index contributed by atoms with van der Waals surface area (Å²) < 4.78 is 11.0. The molecule has 2 heterocycles. The van der Waals surface area contributed by atoms with Crippen LogP contribution in [0, 0.1) is 13.8 Å². The lowest BCUT2D eigenvalue weighted by atomic mass is 10.1. The Hall–Kier alpha value is -2.01. The molecule has 1 aliphatic rings. The Bertz CT molecular complexity index is 740. The Morgan fingerprint density at radius 2 is 2.00 bits per heavy atom. The van der Waals surface area contributed by atoms with E-state index >= 15 is 0 Å². The van der Waals surface area contributed by atoms with Crippen LogP contribution in [0.2, 0.25) is 5.02 Å². The van der Waals surface area contributed by atoms with Gasteiger partial charge in [0, 0.05) is 16.8 Å². The number of aromatic amines is 1. The standard InChI is InChI=1S/C14H13ClN2O3/c1-7-8(2)16-13(17-14(7)18)9-5-10(15)12-11(6-9)19-3-4-20-12/h5-6H,3-4H2,1-2H3,(H,16,17,18). The summed E-state index contributed by atoms with van der Waals surface area (Å²) in [6.45, 7) is 4.49. The summed E-state index contributed by atoms with van der Waals surface area (Å²) in [5, 5.41) is 0.443. The Labute approximate surface area is 120 Å². The van der Waals surface area contributed by atoms with E-state index in [2.05, 4.69) is 9.97 Å². The van der Waals surface area contributed by atoms with Gasteiger partial charge in [-0.3, -0.25) is 4.79 Å². The van der Waals surface area contributed by atoms with Gasteiger partial charge in [-0.1, -0.05) is 11.6 Å². The van der Waals surface area contributed by atoms with Gasteiger partial charge in [-0.05, 0) is 26.0 Å². The third-order valence-corrected chi connectivity index (χ3v) is 3.55. The number of benzene rings is 1. The molecule has 6 heteroatoms. The Kier molecular flexibility index (Phi) is 3.14. The lowest BCUT2D eigenvalue weighted by Gasteiger charge is -2.20. The van der Waals surface area contributed by atoms with Gasteiger partial charge in [0.15, 0.2) is 11.5 Å². The molecule has 3 rings (SSSR count). The fourth-order valence-corrected chi connectivity index (χ4v) is 2.29. The van der Waals surface area contributed by atoms with Crippen LogP contribution in [0.4, 0.5) is 0 Å². The maximum atomic E-state index is 11.8. The largest absolute Gasteiger partial charge is 0.486 e. The molecule has 104 valence electrons. The summed E-state index contributed by atoms with van der Waals surface area (Å²) in [7, 11) is 0. The summed E-state index contributed by atoms with van der Waals surface area (Å²) >= 11 is 6.18. The van der Waals surface area contributed by atoms with E-state index in [9.17, 15) is 4.79 Å². The van der Waals surface area contributed by atoms with E-state index in [1.54, 1.807) is 26.0 Å². The van der Waals surface area contributed by atoms with E-state index in [0.29, 0.717) is 52.4 Å². The van der Waals surface area contributed by atoms with Gasteiger partial charge in [-0.2, -0.15) is 0 Å². The first-order valence-electron chi connectivity index (χ1n) is 6.23. The molecular weight excluding hydrogens is 280 g/mol. The number of hydrogen-bond donors (Lipinski definition) is 1. The van der Waals surface area contributed by atoms with Crippen LogP contribution in [-0.4, -0.2) is 23.2 Å². The van der Waals surface area contributed by atoms with Crippen molar-refractivity contribution in [1.82, 2.24) is 9.97 Å². The molecule has 0 saturated heterocycles. The molecule has 0 unspecified atom stereocenters. The molecule has 1 aromatic carbocycles. The Morgan fingerprint density at radius 3 is 2.75 bits per heavy atom. The molecule has 0 bridgehead atoms. The molecular formula is C14H13ClN2O3. The van der Waals surface area contributed by atoms with E-state index in [0.717, 1.165) is 0 Å². The van der Waals surface area contributed by atoms with Crippen molar-refractivity contribution < 1.29 is 9.47 Å². The van der Waals surface area contributed by atoms with Crippen molar-refractivity contribution in [3.05, 3.63) is 38.8 Å². The zero-order chi connectivity index (χ0) is 14.3. The van der Waals surface area contributed by atoms with E-state index in [-0.39, 0.29) is 5.56 Å². The number of hydrogen-bond acceptors (Lipinski definition) is 4. The molecule has 0 radical (unpaired) electrons. The Balaban J connectivity index is 2.16. The van der Waals surface area contributed by atoms with Crippen molar-refractivity contribution in [1.29, 1.82) is 0 Å². The van der Waals surface area contributed by atoms with Crippen LogP contribution in [-0.2, 0) is 0 Å². The number of aryl methyl sites for hydroxylation is 1. The highest BCUT2D eigenvalue weighted by Gasteiger charge is 2.18. The third-order valence-electron chi connectivity index (χ3n) is 3.27. The SMILES string of the molecule is Cc1nc(-c2cc(Cl)c3c(c2)OCCO3)[nH]c(=O)c1C.